The summed E-state index contributed by atoms with van der Waals surface area (Å²) in [6.07, 6.45) is 2.64. The van der Waals surface area contributed by atoms with E-state index >= 15 is 0 Å². The van der Waals surface area contributed by atoms with Gasteiger partial charge in [-0.15, -0.1) is 0 Å². The molecule has 1 N–H and O–H groups in total. The highest BCUT2D eigenvalue weighted by Gasteiger charge is 2.14. The molecule has 0 aromatic heterocycles. The summed E-state index contributed by atoms with van der Waals surface area (Å²) in [5.74, 6) is 0.222. The molecule has 0 amide bonds. The van der Waals surface area contributed by atoms with Gasteiger partial charge in [-0.25, -0.2) is 8.42 Å². The van der Waals surface area contributed by atoms with Gasteiger partial charge in [-0.2, -0.15) is 0 Å². The molecule has 0 fully saturated rings. The molecule has 1 atom stereocenters. The summed E-state index contributed by atoms with van der Waals surface area (Å²) in [7, 11) is -1.22. The second kappa shape index (κ2) is 7.26. The summed E-state index contributed by atoms with van der Waals surface area (Å²) in [4.78, 5) is 0.401. The Hall–Kier alpha value is -0.390. The van der Waals surface area contributed by atoms with Crippen molar-refractivity contribution in [1.29, 1.82) is 0 Å². The van der Waals surface area contributed by atoms with E-state index in [1.54, 1.807) is 18.2 Å². The molecule has 1 rings (SSSR count). The van der Waals surface area contributed by atoms with Crippen molar-refractivity contribution in [3.05, 3.63) is 28.7 Å². The Bertz CT molecular complexity index is 474. The smallest absolute Gasteiger partial charge is 0.178 e. The van der Waals surface area contributed by atoms with Crippen LogP contribution in [0.1, 0.15) is 26.2 Å². The van der Waals surface area contributed by atoms with Gasteiger partial charge in [0.25, 0.3) is 0 Å². The van der Waals surface area contributed by atoms with E-state index in [2.05, 4.69) is 28.2 Å². The van der Waals surface area contributed by atoms with E-state index in [1.807, 2.05) is 13.1 Å². The molecule has 18 heavy (non-hydrogen) atoms. The normalized spacial score (nSPS) is 13.5. The molecular weight excluding hydrogens is 314 g/mol. The van der Waals surface area contributed by atoms with E-state index in [0.29, 0.717) is 17.4 Å². The molecule has 102 valence electrons. The molecule has 0 spiro atoms. The van der Waals surface area contributed by atoms with Gasteiger partial charge in [0.05, 0.1) is 10.6 Å². The van der Waals surface area contributed by atoms with Crippen molar-refractivity contribution in [1.82, 2.24) is 5.32 Å². The maximum Gasteiger partial charge on any atom is 0.178 e. The summed E-state index contributed by atoms with van der Waals surface area (Å²) < 4.78 is 24.9. The molecule has 1 aromatic carbocycles. The molecule has 0 aliphatic carbocycles. The average molecular weight is 334 g/mol. The van der Waals surface area contributed by atoms with Gasteiger partial charge in [0.15, 0.2) is 9.84 Å². The molecule has 0 radical (unpaired) electrons. The van der Waals surface area contributed by atoms with Crippen molar-refractivity contribution < 1.29 is 8.42 Å². The zero-order chi connectivity index (χ0) is 13.6. The SMILES string of the molecule is CNC(C)CCCCS(=O)(=O)c1cccc(Br)c1. The van der Waals surface area contributed by atoms with Gasteiger partial charge in [-0.05, 0) is 45.0 Å². The van der Waals surface area contributed by atoms with Gasteiger partial charge >= 0.3 is 0 Å². The Labute approximate surface area is 118 Å². The van der Waals surface area contributed by atoms with Crippen LogP contribution in [-0.4, -0.2) is 27.3 Å². The van der Waals surface area contributed by atoms with Crippen molar-refractivity contribution in [3.63, 3.8) is 0 Å². The number of sulfone groups is 1. The van der Waals surface area contributed by atoms with Crippen LogP contribution in [0.15, 0.2) is 33.6 Å². The van der Waals surface area contributed by atoms with E-state index in [1.165, 1.54) is 0 Å². The minimum atomic E-state index is -3.14. The number of halogens is 1. The molecule has 0 saturated heterocycles. The molecule has 3 nitrogen and oxygen atoms in total. The predicted molar refractivity (Wildman–Crippen MR) is 78.6 cm³/mol. The summed E-state index contributed by atoms with van der Waals surface area (Å²) in [5, 5.41) is 3.15. The first-order valence-electron chi connectivity index (χ1n) is 6.11. The standard InChI is InChI=1S/C13H20BrNO2S/c1-11(15-2)6-3-4-9-18(16,17)13-8-5-7-12(14)10-13/h5,7-8,10-11,15H,3-4,6,9H2,1-2H3. The molecular formula is C13H20BrNO2S. The van der Waals surface area contributed by atoms with Crippen molar-refractivity contribution in [2.45, 2.75) is 37.1 Å². The van der Waals surface area contributed by atoms with Gasteiger partial charge in [-0.3, -0.25) is 0 Å². The van der Waals surface area contributed by atoms with Crippen LogP contribution in [0, 0.1) is 0 Å². The first kappa shape index (κ1) is 15.7. The van der Waals surface area contributed by atoms with E-state index in [4.69, 9.17) is 0 Å². The highest BCUT2D eigenvalue weighted by atomic mass is 79.9. The summed E-state index contributed by atoms with van der Waals surface area (Å²) in [5.41, 5.74) is 0. The van der Waals surface area contributed by atoms with Crippen molar-refractivity contribution >= 4 is 25.8 Å². The molecule has 5 heteroatoms. The summed E-state index contributed by atoms with van der Waals surface area (Å²) in [6.45, 7) is 2.10. The largest absolute Gasteiger partial charge is 0.317 e. The van der Waals surface area contributed by atoms with Crippen LogP contribution in [0.25, 0.3) is 0 Å². The van der Waals surface area contributed by atoms with E-state index in [9.17, 15) is 8.42 Å². The Morgan fingerprint density at radius 3 is 2.67 bits per heavy atom. The number of hydrogen-bond donors (Lipinski definition) is 1. The zero-order valence-corrected chi connectivity index (χ0v) is 13.2. The van der Waals surface area contributed by atoms with Crippen molar-refractivity contribution in [3.8, 4) is 0 Å². The average Bonchev–Trinajstić information content (AvgIpc) is 2.34. The lowest BCUT2D eigenvalue weighted by Crippen LogP contribution is -2.21. The number of nitrogens with one attached hydrogen (secondary N) is 1. The molecule has 1 aromatic rings. The highest BCUT2D eigenvalue weighted by Crippen LogP contribution is 2.18. The number of hydrogen-bond acceptors (Lipinski definition) is 3. The monoisotopic (exact) mass is 333 g/mol. The maximum atomic E-state index is 12.1. The first-order chi connectivity index (χ1) is 8.45. The van der Waals surface area contributed by atoms with Gasteiger partial charge < -0.3 is 5.32 Å². The van der Waals surface area contributed by atoms with Crippen molar-refractivity contribution in [2.75, 3.05) is 12.8 Å². The molecule has 0 saturated carbocycles. The van der Waals surface area contributed by atoms with Gasteiger partial charge in [0, 0.05) is 10.5 Å². The molecule has 0 heterocycles. The number of unbranched alkanes of at least 4 members (excludes halogenated alkanes) is 1. The van der Waals surface area contributed by atoms with Crippen LogP contribution < -0.4 is 5.32 Å². The summed E-state index contributed by atoms with van der Waals surface area (Å²) >= 11 is 3.29. The zero-order valence-electron chi connectivity index (χ0n) is 10.8. The lowest BCUT2D eigenvalue weighted by atomic mass is 10.1. The van der Waals surface area contributed by atoms with Gasteiger partial charge in [0.2, 0.25) is 0 Å². The van der Waals surface area contributed by atoms with Gasteiger partial charge in [0.1, 0.15) is 0 Å². The Morgan fingerprint density at radius 2 is 2.06 bits per heavy atom. The van der Waals surface area contributed by atoms with Crippen LogP contribution >= 0.6 is 15.9 Å². The van der Waals surface area contributed by atoms with E-state index in [0.717, 1.165) is 17.3 Å². The van der Waals surface area contributed by atoms with E-state index < -0.39 is 9.84 Å². The second-order valence-corrected chi connectivity index (χ2v) is 7.49. The predicted octanol–water partition coefficient (Wildman–Crippen LogP) is 3.00. The highest BCUT2D eigenvalue weighted by molar-refractivity contribution is 9.10. The van der Waals surface area contributed by atoms with Crippen molar-refractivity contribution in [2.24, 2.45) is 0 Å². The number of benzene rings is 1. The quantitative estimate of drug-likeness (QED) is 0.780. The Morgan fingerprint density at radius 1 is 1.33 bits per heavy atom. The lowest BCUT2D eigenvalue weighted by Gasteiger charge is -2.09. The lowest BCUT2D eigenvalue weighted by molar-refractivity contribution is 0.533. The molecule has 0 bridgehead atoms. The third kappa shape index (κ3) is 5.08. The molecule has 1 unspecified atom stereocenters. The third-order valence-corrected chi connectivity index (χ3v) is 5.24. The fourth-order valence-electron chi connectivity index (χ4n) is 1.67. The minimum Gasteiger partial charge on any atom is -0.317 e. The van der Waals surface area contributed by atoms with Crippen LogP contribution in [0.5, 0.6) is 0 Å². The van der Waals surface area contributed by atoms with Crippen LogP contribution in [0.3, 0.4) is 0 Å². The minimum absolute atomic E-state index is 0.222. The second-order valence-electron chi connectivity index (χ2n) is 4.46. The van der Waals surface area contributed by atoms with Crippen LogP contribution in [-0.2, 0) is 9.84 Å². The van der Waals surface area contributed by atoms with Crippen LogP contribution in [0.4, 0.5) is 0 Å². The van der Waals surface area contributed by atoms with Gasteiger partial charge in [-0.1, -0.05) is 28.4 Å². The maximum absolute atomic E-state index is 12.1. The number of rotatable bonds is 7. The Balaban J connectivity index is 2.51. The third-order valence-electron chi connectivity index (χ3n) is 2.95. The van der Waals surface area contributed by atoms with Crippen LogP contribution in [0.2, 0.25) is 0 Å². The molecule has 0 aliphatic heterocycles. The van der Waals surface area contributed by atoms with E-state index in [-0.39, 0.29) is 5.75 Å². The Kier molecular flexibility index (Phi) is 6.32. The summed E-state index contributed by atoms with van der Waals surface area (Å²) in [6, 6.07) is 7.33. The first-order valence-corrected chi connectivity index (χ1v) is 8.56. The fraction of sp³-hybridized carbons (Fsp3) is 0.538. The topological polar surface area (TPSA) is 46.2 Å². The fourth-order valence-corrected chi connectivity index (χ4v) is 3.63. The molecule has 0 aliphatic rings.